The topological polar surface area (TPSA) is 102 Å². The molecule has 0 spiro atoms. The summed E-state index contributed by atoms with van der Waals surface area (Å²) in [5.74, 6) is -0.0282. The van der Waals surface area contributed by atoms with Crippen LogP contribution < -0.4 is 5.32 Å². The van der Waals surface area contributed by atoms with E-state index in [1.165, 1.54) is 19.2 Å². The number of rotatable bonds is 5. The van der Waals surface area contributed by atoms with Crippen molar-refractivity contribution in [2.24, 2.45) is 0 Å². The Labute approximate surface area is 185 Å². The lowest BCUT2D eigenvalue weighted by molar-refractivity contribution is 0.0599. The fourth-order valence-corrected chi connectivity index (χ4v) is 4.18. The third kappa shape index (κ3) is 3.90. The minimum absolute atomic E-state index is 0.268. The summed E-state index contributed by atoms with van der Waals surface area (Å²) < 4.78 is 21.5. The molecule has 9 heteroatoms. The number of aromatic nitrogens is 4. The predicted octanol–water partition coefficient (Wildman–Crippen LogP) is 4.05. The van der Waals surface area contributed by atoms with Crippen LogP contribution in [0.3, 0.4) is 0 Å². The third-order valence-electron chi connectivity index (χ3n) is 5.87. The minimum atomic E-state index is -0.494. The zero-order valence-electron chi connectivity index (χ0n) is 18.4. The van der Waals surface area contributed by atoms with Gasteiger partial charge in [-0.1, -0.05) is 13.3 Å². The van der Waals surface area contributed by atoms with Crippen LogP contribution >= 0.6 is 0 Å². The number of methoxy groups -OCH3 is 1. The number of esters is 1. The van der Waals surface area contributed by atoms with Gasteiger partial charge in [-0.15, -0.1) is 10.2 Å². The quantitative estimate of drug-likeness (QED) is 0.584. The highest BCUT2D eigenvalue weighted by molar-refractivity contribution is 6.07. The molecule has 8 nitrogen and oxygen atoms in total. The number of amides is 1. The van der Waals surface area contributed by atoms with E-state index in [9.17, 15) is 14.0 Å². The number of hydrogen-bond donors (Lipinski definition) is 2. The molecule has 3 heterocycles. The molecule has 168 valence electrons. The van der Waals surface area contributed by atoms with Crippen LogP contribution in [0.5, 0.6) is 0 Å². The number of hydrogen-bond acceptors (Lipinski definition) is 5. The van der Waals surface area contributed by atoms with Gasteiger partial charge in [-0.3, -0.25) is 4.79 Å². The van der Waals surface area contributed by atoms with Gasteiger partial charge < -0.3 is 19.6 Å². The number of aromatic amines is 1. The second-order valence-electron chi connectivity index (χ2n) is 7.87. The van der Waals surface area contributed by atoms with Crippen LogP contribution in [0.4, 0.5) is 10.1 Å². The fourth-order valence-electron chi connectivity index (χ4n) is 4.18. The molecular formula is C23H26FN5O3. The zero-order valence-corrected chi connectivity index (χ0v) is 18.4. The molecule has 3 aromatic rings. The molecule has 1 aliphatic heterocycles. The van der Waals surface area contributed by atoms with Gasteiger partial charge in [-0.25, -0.2) is 9.18 Å². The Bertz CT molecular complexity index is 1180. The molecule has 0 radical (unpaired) electrons. The van der Waals surface area contributed by atoms with Crippen molar-refractivity contribution < 1.29 is 18.7 Å². The summed E-state index contributed by atoms with van der Waals surface area (Å²) in [4.78, 5) is 28.1. The van der Waals surface area contributed by atoms with E-state index in [1.807, 2.05) is 11.5 Å². The smallest absolute Gasteiger partial charge is 0.339 e. The highest BCUT2D eigenvalue weighted by atomic mass is 19.1. The monoisotopic (exact) mass is 439 g/mol. The van der Waals surface area contributed by atoms with E-state index in [0.29, 0.717) is 34.8 Å². The molecule has 0 unspecified atom stereocenters. The van der Waals surface area contributed by atoms with Gasteiger partial charge in [0.2, 0.25) is 0 Å². The highest BCUT2D eigenvalue weighted by Gasteiger charge is 2.24. The summed E-state index contributed by atoms with van der Waals surface area (Å²) in [6.45, 7) is 4.32. The Kier molecular flexibility index (Phi) is 6.07. The van der Waals surface area contributed by atoms with Crippen LogP contribution in [0, 0.1) is 12.7 Å². The summed E-state index contributed by atoms with van der Waals surface area (Å²) in [6, 6.07) is 4.37. The van der Waals surface area contributed by atoms with Crippen molar-refractivity contribution in [3.8, 4) is 11.4 Å². The Morgan fingerprint density at radius 1 is 1.25 bits per heavy atom. The van der Waals surface area contributed by atoms with Crippen LogP contribution in [0.15, 0.2) is 18.2 Å². The second kappa shape index (κ2) is 8.94. The number of carbonyl (C=O) groups excluding carboxylic acids is 2. The normalized spacial score (nSPS) is 13.4. The SMILES string of the molecule is CCc1[nH]c(C(=O)Nc2ccc(F)c(-c3nnc4n3CCCCC4)c2)c(C)c1C(=O)OC. The maximum absolute atomic E-state index is 14.7. The maximum Gasteiger partial charge on any atom is 0.339 e. The first-order valence-electron chi connectivity index (χ1n) is 10.8. The standard InChI is InChI=1S/C23H26FN5O3/c1-4-17-19(23(31)32-3)13(2)20(26-17)22(30)25-14-9-10-16(24)15(12-14)21-28-27-18-8-6-5-7-11-29(18)21/h9-10,12,26H,4-8,11H2,1-3H3,(H,25,30). The van der Waals surface area contributed by atoms with Gasteiger partial charge >= 0.3 is 5.97 Å². The number of ether oxygens (including phenoxy) is 1. The van der Waals surface area contributed by atoms with Crippen LogP contribution in [0.2, 0.25) is 0 Å². The maximum atomic E-state index is 14.7. The molecule has 0 atom stereocenters. The van der Waals surface area contributed by atoms with Crippen LogP contribution in [-0.2, 0) is 24.1 Å². The second-order valence-corrected chi connectivity index (χ2v) is 7.87. The number of benzene rings is 1. The van der Waals surface area contributed by atoms with Crippen molar-refractivity contribution in [3.63, 3.8) is 0 Å². The molecular weight excluding hydrogens is 413 g/mol. The van der Waals surface area contributed by atoms with E-state index in [0.717, 1.165) is 38.1 Å². The number of aryl methyl sites for hydroxylation is 2. The summed E-state index contributed by atoms with van der Waals surface area (Å²) in [6.07, 6.45) is 4.49. The van der Waals surface area contributed by atoms with E-state index >= 15 is 0 Å². The van der Waals surface area contributed by atoms with Gasteiger partial charge in [-0.2, -0.15) is 0 Å². The molecule has 1 aromatic carbocycles. The molecule has 0 saturated heterocycles. The van der Waals surface area contributed by atoms with Crippen molar-refractivity contribution in [1.82, 2.24) is 19.7 Å². The Hall–Kier alpha value is -3.49. The van der Waals surface area contributed by atoms with Crippen molar-refractivity contribution in [2.45, 2.75) is 52.5 Å². The number of carbonyl (C=O) groups is 2. The number of fused-ring (bicyclic) bond motifs is 1. The molecule has 1 amide bonds. The molecule has 2 N–H and O–H groups in total. The van der Waals surface area contributed by atoms with Crippen molar-refractivity contribution in [2.75, 3.05) is 12.4 Å². The minimum Gasteiger partial charge on any atom is -0.465 e. The molecule has 0 fully saturated rings. The summed E-state index contributed by atoms with van der Waals surface area (Å²) in [5.41, 5.74) is 2.48. The van der Waals surface area contributed by atoms with Gasteiger partial charge in [0.25, 0.3) is 5.91 Å². The Morgan fingerprint density at radius 2 is 2.06 bits per heavy atom. The molecule has 1 aliphatic rings. The largest absolute Gasteiger partial charge is 0.465 e. The highest BCUT2D eigenvalue weighted by Crippen LogP contribution is 2.28. The predicted molar refractivity (Wildman–Crippen MR) is 117 cm³/mol. The van der Waals surface area contributed by atoms with Gasteiger partial charge in [0.05, 0.1) is 18.2 Å². The zero-order chi connectivity index (χ0) is 22.8. The molecule has 0 bridgehead atoms. The van der Waals surface area contributed by atoms with E-state index in [2.05, 4.69) is 20.5 Å². The summed E-state index contributed by atoms with van der Waals surface area (Å²) >= 11 is 0. The number of halogens is 1. The Morgan fingerprint density at radius 3 is 2.81 bits per heavy atom. The van der Waals surface area contributed by atoms with Crippen LogP contribution in [0.1, 0.15) is 64.1 Å². The lowest BCUT2D eigenvalue weighted by atomic mass is 10.1. The first-order chi connectivity index (χ1) is 15.4. The Balaban J connectivity index is 1.65. The van der Waals surface area contributed by atoms with E-state index in [-0.39, 0.29) is 11.3 Å². The number of anilines is 1. The molecule has 2 aromatic heterocycles. The van der Waals surface area contributed by atoms with Gasteiger partial charge in [-0.05, 0) is 49.9 Å². The first-order valence-corrected chi connectivity index (χ1v) is 10.8. The molecule has 0 saturated carbocycles. The number of H-pyrrole nitrogens is 1. The average molecular weight is 439 g/mol. The molecule has 0 aliphatic carbocycles. The van der Waals surface area contributed by atoms with Gasteiger partial charge in [0.1, 0.15) is 17.3 Å². The summed E-state index contributed by atoms with van der Waals surface area (Å²) in [7, 11) is 1.30. The lowest BCUT2D eigenvalue weighted by Gasteiger charge is -2.10. The first kappa shape index (κ1) is 21.7. The van der Waals surface area contributed by atoms with Crippen molar-refractivity contribution >= 4 is 17.6 Å². The van der Waals surface area contributed by atoms with Gasteiger partial charge in [0, 0.05) is 24.3 Å². The van der Waals surface area contributed by atoms with E-state index in [1.54, 1.807) is 13.0 Å². The van der Waals surface area contributed by atoms with Crippen molar-refractivity contribution in [3.05, 3.63) is 52.4 Å². The molecule has 4 rings (SSSR count). The lowest BCUT2D eigenvalue weighted by Crippen LogP contribution is -2.14. The third-order valence-corrected chi connectivity index (χ3v) is 5.87. The number of nitrogens with zero attached hydrogens (tertiary/aromatic N) is 3. The summed E-state index contributed by atoms with van der Waals surface area (Å²) in [5, 5.41) is 11.3. The van der Waals surface area contributed by atoms with Crippen molar-refractivity contribution in [1.29, 1.82) is 0 Å². The van der Waals surface area contributed by atoms with Gasteiger partial charge in [0.15, 0.2) is 5.82 Å². The van der Waals surface area contributed by atoms with Crippen LogP contribution in [-0.4, -0.2) is 38.7 Å². The van der Waals surface area contributed by atoms with Crippen LogP contribution in [0.25, 0.3) is 11.4 Å². The van der Waals surface area contributed by atoms with E-state index in [4.69, 9.17) is 4.74 Å². The van der Waals surface area contributed by atoms with E-state index < -0.39 is 17.7 Å². The number of nitrogens with one attached hydrogen (secondary N) is 2. The average Bonchev–Trinajstić information content (AvgIpc) is 3.25. The molecule has 32 heavy (non-hydrogen) atoms. The fraction of sp³-hybridized carbons (Fsp3) is 0.391.